The number of carbonyl (C=O) groups is 1. The van der Waals surface area contributed by atoms with E-state index in [1.807, 2.05) is 24.0 Å². The smallest absolute Gasteiger partial charge is 0.268 e. The Balaban J connectivity index is 1.75. The third-order valence-electron chi connectivity index (χ3n) is 5.10. The molecule has 1 aliphatic heterocycles. The van der Waals surface area contributed by atoms with Gasteiger partial charge in [-0.05, 0) is 50.3 Å². The molecule has 0 aliphatic carbocycles. The lowest BCUT2D eigenvalue weighted by Gasteiger charge is -2.35. The average molecular weight is 368 g/mol. The molecule has 4 nitrogen and oxygen atoms in total. The number of benzene rings is 1. The van der Waals surface area contributed by atoms with Crippen molar-refractivity contribution in [2.75, 3.05) is 4.90 Å². The minimum atomic E-state index is 0.112. The van der Waals surface area contributed by atoms with E-state index in [-0.39, 0.29) is 11.9 Å². The topological polar surface area (TPSA) is 38.1 Å². The number of rotatable bonds is 3. The van der Waals surface area contributed by atoms with Crippen LogP contribution < -0.4 is 4.90 Å². The molecule has 0 unspecified atom stereocenters. The summed E-state index contributed by atoms with van der Waals surface area (Å²) in [4.78, 5) is 17.3. The van der Waals surface area contributed by atoms with Crippen LogP contribution in [0.1, 0.15) is 48.1 Å². The number of hydrogen-bond donors (Lipinski definition) is 0. The number of thiophene rings is 1. The van der Waals surface area contributed by atoms with Crippen molar-refractivity contribution in [2.24, 2.45) is 5.92 Å². The van der Waals surface area contributed by atoms with Gasteiger partial charge in [-0.3, -0.25) is 9.48 Å². The first-order chi connectivity index (χ1) is 12.5. The molecule has 136 valence electrons. The van der Waals surface area contributed by atoms with E-state index in [9.17, 15) is 4.79 Å². The first kappa shape index (κ1) is 17.3. The molecule has 1 aliphatic rings. The summed E-state index contributed by atoms with van der Waals surface area (Å²) in [6.45, 7) is 9.43. The van der Waals surface area contributed by atoms with E-state index in [2.05, 4.69) is 48.8 Å². The summed E-state index contributed by atoms with van der Waals surface area (Å²) in [5.74, 6) is 0.633. The largest absolute Gasteiger partial charge is 0.305 e. The highest BCUT2D eigenvalue weighted by atomic mass is 32.1. The van der Waals surface area contributed by atoms with Crippen molar-refractivity contribution in [3.8, 4) is 0 Å². The summed E-state index contributed by atoms with van der Waals surface area (Å²) < 4.78 is 2.06. The van der Waals surface area contributed by atoms with Crippen LogP contribution in [0.3, 0.4) is 0 Å². The van der Waals surface area contributed by atoms with Gasteiger partial charge in [0.15, 0.2) is 0 Å². The van der Waals surface area contributed by atoms with Gasteiger partial charge < -0.3 is 4.90 Å². The Bertz CT molecular complexity index is 969. The summed E-state index contributed by atoms with van der Waals surface area (Å²) in [6.07, 6.45) is 2.05. The number of nitrogens with zero attached hydrogens (tertiary/aromatic N) is 3. The molecule has 1 aromatic carbocycles. The van der Waals surface area contributed by atoms with Gasteiger partial charge in [-0.25, -0.2) is 0 Å². The van der Waals surface area contributed by atoms with Gasteiger partial charge in [0, 0.05) is 23.7 Å². The number of para-hydroxylation sites is 1. The molecule has 3 aromatic rings. The first-order valence-electron chi connectivity index (χ1n) is 9.34. The van der Waals surface area contributed by atoms with Crippen molar-refractivity contribution < 1.29 is 4.79 Å². The van der Waals surface area contributed by atoms with E-state index in [1.54, 1.807) is 11.3 Å². The third-order valence-corrected chi connectivity index (χ3v) is 6.23. The Hall–Kier alpha value is -2.14. The lowest BCUT2D eigenvalue weighted by molar-refractivity contribution is 0.0979. The minimum absolute atomic E-state index is 0.112. The molecule has 26 heavy (non-hydrogen) atoms. The molecule has 0 spiro atoms. The predicted octanol–water partition coefficient (Wildman–Crippen LogP) is 5.04. The van der Waals surface area contributed by atoms with Gasteiger partial charge in [0.2, 0.25) is 0 Å². The van der Waals surface area contributed by atoms with Crippen molar-refractivity contribution in [3.05, 3.63) is 46.5 Å². The maximum Gasteiger partial charge on any atom is 0.268 e. The fraction of sp³-hybridized carbons (Fsp3) is 0.429. The lowest BCUT2D eigenvalue weighted by atomic mass is 9.96. The van der Waals surface area contributed by atoms with Crippen molar-refractivity contribution in [1.82, 2.24) is 9.78 Å². The van der Waals surface area contributed by atoms with E-state index in [0.29, 0.717) is 5.92 Å². The zero-order valence-corrected chi connectivity index (χ0v) is 16.6. The van der Waals surface area contributed by atoms with E-state index in [0.717, 1.165) is 45.9 Å². The molecular formula is C21H25N3OS. The third kappa shape index (κ3) is 2.84. The van der Waals surface area contributed by atoms with Crippen LogP contribution in [0.25, 0.3) is 10.2 Å². The standard InChI is InChI=1S/C21H25N3OS/c1-13(2)12-23-21-17(15(4)22-23)11-19(26-21)20(25)24-14(3)9-10-16-7-5-6-8-18(16)24/h5-8,11,13-14H,9-10,12H2,1-4H3/t14-/m1/s1. The zero-order valence-electron chi connectivity index (χ0n) is 15.8. The maximum atomic E-state index is 13.4. The highest BCUT2D eigenvalue weighted by Crippen LogP contribution is 2.35. The fourth-order valence-electron chi connectivity index (χ4n) is 3.80. The predicted molar refractivity (Wildman–Crippen MR) is 108 cm³/mol. The van der Waals surface area contributed by atoms with E-state index in [4.69, 9.17) is 0 Å². The summed E-state index contributed by atoms with van der Waals surface area (Å²) >= 11 is 1.57. The van der Waals surface area contributed by atoms with Gasteiger partial charge >= 0.3 is 0 Å². The second kappa shape index (κ2) is 6.54. The molecule has 0 N–H and O–H groups in total. The lowest BCUT2D eigenvalue weighted by Crippen LogP contribution is -2.41. The van der Waals surface area contributed by atoms with Crippen molar-refractivity contribution in [3.63, 3.8) is 0 Å². The number of anilines is 1. The zero-order chi connectivity index (χ0) is 18.4. The first-order valence-corrected chi connectivity index (χ1v) is 10.2. The van der Waals surface area contributed by atoms with E-state index >= 15 is 0 Å². The number of amides is 1. The van der Waals surface area contributed by atoms with Crippen molar-refractivity contribution in [1.29, 1.82) is 0 Å². The molecule has 0 radical (unpaired) electrons. The molecular weight excluding hydrogens is 342 g/mol. The van der Waals surface area contributed by atoms with E-state index < -0.39 is 0 Å². The van der Waals surface area contributed by atoms with Gasteiger partial charge in [0.1, 0.15) is 4.83 Å². The molecule has 0 saturated carbocycles. The number of fused-ring (bicyclic) bond motifs is 2. The van der Waals surface area contributed by atoms with Crippen LogP contribution in [-0.2, 0) is 13.0 Å². The summed E-state index contributed by atoms with van der Waals surface area (Å²) in [5, 5.41) is 5.76. The second-order valence-electron chi connectivity index (χ2n) is 7.68. The van der Waals surface area contributed by atoms with Crippen LogP contribution in [0, 0.1) is 12.8 Å². The van der Waals surface area contributed by atoms with Gasteiger partial charge in [-0.2, -0.15) is 5.10 Å². The molecule has 5 heteroatoms. The van der Waals surface area contributed by atoms with E-state index in [1.165, 1.54) is 5.56 Å². The Labute approximate surface area is 158 Å². The SMILES string of the molecule is Cc1nn(CC(C)C)c2sc(C(=O)N3c4ccccc4CC[C@H]3C)cc12. The van der Waals surface area contributed by atoms with Crippen LogP contribution >= 0.6 is 11.3 Å². The van der Waals surface area contributed by atoms with Crippen LogP contribution in [0.4, 0.5) is 5.69 Å². The number of hydrogen-bond acceptors (Lipinski definition) is 3. The minimum Gasteiger partial charge on any atom is -0.305 e. The van der Waals surface area contributed by atoms with Crippen LogP contribution in [0.15, 0.2) is 30.3 Å². The summed E-state index contributed by atoms with van der Waals surface area (Å²) in [5.41, 5.74) is 3.33. The van der Waals surface area contributed by atoms with Gasteiger partial charge in [-0.15, -0.1) is 11.3 Å². The Kier molecular flexibility index (Phi) is 4.35. The van der Waals surface area contributed by atoms with Gasteiger partial charge in [-0.1, -0.05) is 32.0 Å². The number of aromatic nitrogens is 2. The Morgan fingerprint density at radius 1 is 1.35 bits per heavy atom. The molecule has 1 amide bonds. The van der Waals surface area contributed by atoms with Gasteiger partial charge in [0.25, 0.3) is 5.91 Å². The fourth-order valence-corrected chi connectivity index (χ4v) is 4.91. The van der Waals surface area contributed by atoms with Crippen LogP contribution in [0.5, 0.6) is 0 Å². The highest BCUT2D eigenvalue weighted by molar-refractivity contribution is 7.20. The monoisotopic (exact) mass is 367 g/mol. The van der Waals surface area contributed by atoms with Crippen molar-refractivity contribution >= 4 is 33.1 Å². The Morgan fingerprint density at radius 3 is 2.88 bits per heavy atom. The van der Waals surface area contributed by atoms with Crippen LogP contribution in [0.2, 0.25) is 0 Å². The van der Waals surface area contributed by atoms with Gasteiger partial charge in [0.05, 0.1) is 10.6 Å². The molecule has 0 saturated heterocycles. The number of carbonyl (C=O) groups excluding carboxylic acids is 1. The Morgan fingerprint density at radius 2 is 2.12 bits per heavy atom. The maximum absolute atomic E-state index is 13.4. The molecule has 1 atom stereocenters. The molecule has 3 heterocycles. The average Bonchev–Trinajstić information content (AvgIpc) is 3.16. The molecule has 4 rings (SSSR count). The molecule has 0 fully saturated rings. The normalized spacial score (nSPS) is 17.1. The molecule has 0 bridgehead atoms. The summed E-state index contributed by atoms with van der Waals surface area (Å²) in [7, 11) is 0. The molecule has 2 aromatic heterocycles. The number of aryl methyl sites for hydroxylation is 2. The van der Waals surface area contributed by atoms with Crippen molar-refractivity contribution in [2.45, 2.75) is 53.1 Å². The summed E-state index contributed by atoms with van der Waals surface area (Å²) in [6, 6.07) is 10.5. The quantitative estimate of drug-likeness (QED) is 0.650. The van der Waals surface area contributed by atoms with Crippen LogP contribution in [-0.4, -0.2) is 21.7 Å². The highest BCUT2D eigenvalue weighted by Gasteiger charge is 2.30. The second-order valence-corrected chi connectivity index (χ2v) is 8.71.